The molecular weight excluding hydrogens is 286 g/mol. The zero-order chi connectivity index (χ0) is 11.9. The van der Waals surface area contributed by atoms with Crippen molar-refractivity contribution in [1.82, 2.24) is 5.32 Å². The van der Waals surface area contributed by atoms with Crippen LogP contribution in [0.1, 0.15) is 44.9 Å². The normalized spacial score (nSPS) is 18.6. The first kappa shape index (κ1) is 14.4. The van der Waals surface area contributed by atoms with Crippen LogP contribution in [-0.2, 0) is 4.79 Å². The van der Waals surface area contributed by atoms with Crippen molar-refractivity contribution in [2.75, 3.05) is 18.1 Å². The van der Waals surface area contributed by atoms with Crippen LogP contribution in [0.15, 0.2) is 0 Å². The van der Waals surface area contributed by atoms with Gasteiger partial charge in [-0.2, -0.15) is 11.8 Å². The lowest BCUT2D eigenvalue weighted by molar-refractivity contribution is -0.121. The molecule has 0 unspecified atom stereocenters. The van der Waals surface area contributed by atoms with Crippen molar-refractivity contribution in [3.8, 4) is 0 Å². The Morgan fingerprint density at radius 2 is 2.06 bits per heavy atom. The summed E-state index contributed by atoms with van der Waals surface area (Å²) in [7, 11) is 0. The van der Waals surface area contributed by atoms with Crippen LogP contribution >= 0.6 is 27.7 Å². The van der Waals surface area contributed by atoms with Crippen molar-refractivity contribution in [3.63, 3.8) is 0 Å². The average molecular weight is 308 g/mol. The van der Waals surface area contributed by atoms with Crippen molar-refractivity contribution in [2.24, 2.45) is 0 Å². The first-order chi connectivity index (χ1) is 7.72. The number of nitrogens with one attached hydrogen (secondary N) is 1. The minimum atomic E-state index is 0.223. The summed E-state index contributed by atoms with van der Waals surface area (Å²) in [6, 6.07) is 0. The molecule has 4 heteroatoms. The molecule has 1 rings (SSSR count). The molecule has 1 aliphatic rings. The molecule has 1 N–H and O–H groups in total. The Labute approximate surface area is 111 Å². The fourth-order valence-electron chi connectivity index (χ4n) is 2.20. The summed E-state index contributed by atoms with van der Waals surface area (Å²) in [4.78, 5) is 11.6. The number of halogens is 1. The largest absolute Gasteiger partial charge is 0.355 e. The van der Waals surface area contributed by atoms with E-state index in [2.05, 4.69) is 27.5 Å². The SMILES string of the molecule is CSC1(CNC(=O)CCCCBr)CCCC1. The van der Waals surface area contributed by atoms with Gasteiger partial charge >= 0.3 is 0 Å². The van der Waals surface area contributed by atoms with E-state index in [-0.39, 0.29) is 5.91 Å². The van der Waals surface area contributed by atoms with Gasteiger partial charge in [0, 0.05) is 23.0 Å². The third-order valence-electron chi connectivity index (χ3n) is 3.34. The molecule has 0 aliphatic heterocycles. The fraction of sp³-hybridized carbons (Fsp3) is 0.917. The first-order valence-corrected chi connectivity index (χ1v) is 8.45. The van der Waals surface area contributed by atoms with Gasteiger partial charge < -0.3 is 5.32 Å². The highest BCUT2D eigenvalue weighted by atomic mass is 79.9. The minimum absolute atomic E-state index is 0.223. The predicted octanol–water partition coefficient (Wildman–Crippen LogP) is 3.34. The lowest BCUT2D eigenvalue weighted by atomic mass is 10.1. The Balaban J connectivity index is 2.19. The van der Waals surface area contributed by atoms with E-state index in [9.17, 15) is 4.79 Å². The van der Waals surface area contributed by atoms with Gasteiger partial charge in [-0.05, 0) is 31.9 Å². The number of hydrogen-bond donors (Lipinski definition) is 1. The van der Waals surface area contributed by atoms with E-state index in [1.165, 1.54) is 25.7 Å². The summed E-state index contributed by atoms with van der Waals surface area (Å²) in [5.41, 5.74) is 0. The average Bonchev–Trinajstić information content (AvgIpc) is 2.76. The molecule has 0 spiro atoms. The monoisotopic (exact) mass is 307 g/mol. The van der Waals surface area contributed by atoms with Crippen molar-refractivity contribution in [1.29, 1.82) is 0 Å². The highest BCUT2D eigenvalue weighted by Gasteiger charge is 2.32. The number of carbonyl (C=O) groups excluding carboxylic acids is 1. The van der Waals surface area contributed by atoms with Gasteiger partial charge in [-0.3, -0.25) is 4.79 Å². The van der Waals surface area contributed by atoms with E-state index in [0.29, 0.717) is 11.2 Å². The standard InChI is InChI=1S/C12H22BrNOS/c1-16-12(7-3-4-8-12)10-14-11(15)6-2-5-9-13/h2-10H2,1H3,(H,14,15). The number of unbranched alkanes of at least 4 members (excludes halogenated alkanes) is 1. The van der Waals surface area contributed by atoms with E-state index in [0.717, 1.165) is 24.7 Å². The second-order valence-corrected chi connectivity index (χ2v) is 6.58. The maximum atomic E-state index is 11.6. The molecule has 0 bridgehead atoms. The Morgan fingerprint density at radius 1 is 1.38 bits per heavy atom. The molecule has 0 saturated heterocycles. The van der Waals surface area contributed by atoms with Gasteiger partial charge in [-0.25, -0.2) is 0 Å². The van der Waals surface area contributed by atoms with Crippen LogP contribution in [0.4, 0.5) is 0 Å². The molecule has 1 amide bonds. The molecule has 0 aromatic rings. The maximum absolute atomic E-state index is 11.6. The summed E-state index contributed by atoms with van der Waals surface area (Å²) in [6.07, 6.45) is 10.1. The Hall–Kier alpha value is 0.300. The quantitative estimate of drug-likeness (QED) is 0.577. The van der Waals surface area contributed by atoms with Crippen molar-refractivity contribution < 1.29 is 4.79 Å². The summed E-state index contributed by atoms with van der Waals surface area (Å²) in [6.45, 7) is 0.862. The van der Waals surface area contributed by atoms with Crippen LogP contribution in [0.2, 0.25) is 0 Å². The molecule has 2 nitrogen and oxygen atoms in total. The third-order valence-corrected chi connectivity index (χ3v) is 5.32. The molecule has 1 aliphatic carbocycles. The molecule has 0 heterocycles. The van der Waals surface area contributed by atoms with Crippen LogP contribution in [0.25, 0.3) is 0 Å². The summed E-state index contributed by atoms with van der Waals surface area (Å²) in [5.74, 6) is 0.223. The molecule has 0 aromatic heterocycles. The number of rotatable bonds is 7. The Kier molecular flexibility index (Phi) is 6.81. The zero-order valence-corrected chi connectivity index (χ0v) is 12.5. The lowest BCUT2D eigenvalue weighted by Crippen LogP contribution is -2.38. The van der Waals surface area contributed by atoms with E-state index < -0.39 is 0 Å². The number of hydrogen-bond acceptors (Lipinski definition) is 2. The number of alkyl halides is 1. The molecule has 0 radical (unpaired) electrons. The Bertz CT molecular complexity index is 217. The number of amides is 1. The molecule has 94 valence electrons. The van der Waals surface area contributed by atoms with Crippen LogP contribution < -0.4 is 5.32 Å². The smallest absolute Gasteiger partial charge is 0.220 e. The fourth-order valence-corrected chi connectivity index (χ4v) is 3.51. The van der Waals surface area contributed by atoms with Gasteiger partial charge in [0.15, 0.2) is 0 Å². The number of carbonyl (C=O) groups is 1. The molecular formula is C12H22BrNOS. The van der Waals surface area contributed by atoms with Gasteiger partial charge in [-0.15, -0.1) is 0 Å². The summed E-state index contributed by atoms with van der Waals surface area (Å²) >= 11 is 5.31. The van der Waals surface area contributed by atoms with Crippen LogP contribution in [-0.4, -0.2) is 28.8 Å². The van der Waals surface area contributed by atoms with Crippen molar-refractivity contribution >= 4 is 33.6 Å². The second-order valence-electron chi connectivity index (χ2n) is 4.52. The first-order valence-electron chi connectivity index (χ1n) is 6.10. The van der Waals surface area contributed by atoms with Gasteiger partial charge in [-0.1, -0.05) is 28.8 Å². The molecule has 1 saturated carbocycles. The molecule has 0 aromatic carbocycles. The van der Waals surface area contributed by atoms with Gasteiger partial charge in [0.2, 0.25) is 5.91 Å². The Morgan fingerprint density at radius 3 is 2.62 bits per heavy atom. The molecule has 16 heavy (non-hydrogen) atoms. The van der Waals surface area contributed by atoms with E-state index in [1.807, 2.05) is 11.8 Å². The minimum Gasteiger partial charge on any atom is -0.355 e. The van der Waals surface area contributed by atoms with E-state index >= 15 is 0 Å². The highest BCUT2D eigenvalue weighted by molar-refractivity contribution is 9.09. The van der Waals surface area contributed by atoms with Crippen molar-refractivity contribution in [3.05, 3.63) is 0 Å². The zero-order valence-electron chi connectivity index (χ0n) is 10.1. The lowest BCUT2D eigenvalue weighted by Gasteiger charge is -2.26. The van der Waals surface area contributed by atoms with Gasteiger partial charge in [0.05, 0.1) is 0 Å². The van der Waals surface area contributed by atoms with Crippen LogP contribution in [0.3, 0.4) is 0 Å². The molecule has 0 atom stereocenters. The van der Waals surface area contributed by atoms with Crippen LogP contribution in [0, 0.1) is 0 Å². The highest BCUT2D eigenvalue weighted by Crippen LogP contribution is 2.39. The van der Waals surface area contributed by atoms with E-state index in [1.54, 1.807) is 0 Å². The maximum Gasteiger partial charge on any atom is 0.220 e. The third kappa shape index (κ3) is 4.66. The van der Waals surface area contributed by atoms with Crippen LogP contribution in [0.5, 0.6) is 0 Å². The van der Waals surface area contributed by atoms with Crippen molar-refractivity contribution in [2.45, 2.75) is 49.7 Å². The summed E-state index contributed by atoms with van der Waals surface area (Å²) < 4.78 is 0.338. The summed E-state index contributed by atoms with van der Waals surface area (Å²) in [5, 5.41) is 4.10. The topological polar surface area (TPSA) is 29.1 Å². The molecule has 1 fully saturated rings. The van der Waals surface area contributed by atoms with Gasteiger partial charge in [0.25, 0.3) is 0 Å². The van der Waals surface area contributed by atoms with E-state index in [4.69, 9.17) is 0 Å². The number of thioether (sulfide) groups is 1. The predicted molar refractivity (Wildman–Crippen MR) is 75.4 cm³/mol. The van der Waals surface area contributed by atoms with Gasteiger partial charge in [0.1, 0.15) is 0 Å². The second kappa shape index (κ2) is 7.59.